The molecule has 226 valence electrons. The maximum Gasteiger partial charge on any atom is 0.133 e. The molecule has 0 aromatic carbocycles. The molecule has 0 fully saturated rings. The molecule has 2 aromatic heterocycles. The SMILES string of the molecule is CCCC.CS.Cc1nc(C(O)c2c(C(C)C)nc3c(c2C2=CCOCC2)C(O)CC(C)(C)C3)sc1C(C)(C)C. The van der Waals surface area contributed by atoms with Crippen LogP contribution in [0.2, 0.25) is 0 Å². The topological polar surface area (TPSA) is 75.5 Å². The maximum atomic E-state index is 11.9. The third-order valence-electron chi connectivity index (χ3n) is 7.44. The summed E-state index contributed by atoms with van der Waals surface area (Å²) in [5, 5.41) is 24.0. The Balaban J connectivity index is 0.000000858. The highest BCUT2D eigenvalue weighted by Gasteiger charge is 2.39. The molecule has 2 aromatic rings. The zero-order valence-electron chi connectivity index (χ0n) is 26.8. The van der Waals surface area contributed by atoms with Gasteiger partial charge in [-0.25, -0.2) is 4.98 Å². The van der Waals surface area contributed by atoms with Crippen LogP contribution in [0.4, 0.5) is 0 Å². The van der Waals surface area contributed by atoms with Crippen LogP contribution in [0.25, 0.3) is 5.57 Å². The predicted octanol–water partition coefficient (Wildman–Crippen LogP) is 8.51. The van der Waals surface area contributed by atoms with Gasteiger partial charge in [0.1, 0.15) is 11.1 Å². The molecule has 3 heterocycles. The molecule has 7 heteroatoms. The predicted molar refractivity (Wildman–Crippen MR) is 174 cm³/mol. The van der Waals surface area contributed by atoms with Gasteiger partial charge in [0.2, 0.25) is 0 Å². The molecule has 4 rings (SSSR count). The molecule has 2 N–H and O–H groups in total. The fraction of sp³-hybridized carbons (Fsp3) is 0.697. The number of thiazole rings is 1. The monoisotopic (exact) mass is 590 g/mol. The molecule has 1 aliphatic carbocycles. The van der Waals surface area contributed by atoms with Crippen LogP contribution in [-0.2, 0) is 16.6 Å². The molecule has 0 spiro atoms. The van der Waals surface area contributed by atoms with Gasteiger partial charge >= 0.3 is 0 Å². The van der Waals surface area contributed by atoms with Gasteiger partial charge in [-0.05, 0) is 60.3 Å². The summed E-state index contributed by atoms with van der Waals surface area (Å²) in [6.45, 7) is 22.8. The largest absolute Gasteiger partial charge is 0.388 e. The van der Waals surface area contributed by atoms with Crippen LogP contribution in [-0.4, -0.2) is 39.7 Å². The molecule has 2 atom stereocenters. The zero-order valence-corrected chi connectivity index (χ0v) is 28.5. The molecule has 0 saturated carbocycles. The van der Waals surface area contributed by atoms with Crippen LogP contribution in [0.1, 0.15) is 150 Å². The number of ether oxygens (including phenoxy) is 1. The van der Waals surface area contributed by atoms with Crippen molar-refractivity contribution in [1.82, 2.24) is 9.97 Å². The number of hydrogen-bond acceptors (Lipinski definition) is 7. The van der Waals surface area contributed by atoms with E-state index in [0.717, 1.165) is 52.2 Å². The molecule has 0 bridgehead atoms. The fourth-order valence-electron chi connectivity index (χ4n) is 5.50. The van der Waals surface area contributed by atoms with Crippen LogP contribution < -0.4 is 0 Å². The lowest BCUT2D eigenvalue weighted by Gasteiger charge is -2.38. The van der Waals surface area contributed by atoms with Gasteiger partial charge < -0.3 is 14.9 Å². The fourth-order valence-corrected chi connectivity index (χ4v) is 6.62. The van der Waals surface area contributed by atoms with Gasteiger partial charge in [-0.3, -0.25) is 4.98 Å². The third kappa shape index (κ3) is 8.19. The molecule has 2 aliphatic rings. The number of unbranched alkanes of at least 4 members (excludes halogenated alkanes) is 1. The Bertz CT molecular complexity index is 1140. The minimum Gasteiger partial charge on any atom is -0.388 e. The van der Waals surface area contributed by atoms with Gasteiger partial charge in [0.25, 0.3) is 0 Å². The van der Waals surface area contributed by atoms with Crippen LogP contribution >= 0.6 is 24.0 Å². The Hall–Kier alpha value is -1.25. The first-order valence-electron chi connectivity index (χ1n) is 14.8. The van der Waals surface area contributed by atoms with Crippen LogP contribution in [0.3, 0.4) is 0 Å². The summed E-state index contributed by atoms with van der Waals surface area (Å²) in [6.07, 6.45) is 7.19. The Morgan fingerprint density at radius 2 is 1.77 bits per heavy atom. The van der Waals surface area contributed by atoms with E-state index in [4.69, 9.17) is 14.7 Å². The lowest BCUT2D eigenvalue weighted by atomic mass is 9.71. The first kappa shape index (κ1) is 34.9. The van der Waals surface area contributed by atoms with Gasteiger partial charge in [0, 0.05) is 21.7 Å². The Labute approximate surface area is 253 Å². The Kier molecular flexibility index (Phi) is 12.9. The minimum atomic E-state index is -0.893. The summed E-state index contributed by atoms with van der Waals surface area (Å²) in [7, 11) is 0. The Morgan fingerprint density at radius 1 is 1.15 bits per heavy atom. The van der Waals surface area contributed by atoms with Crippen molar-refractivity contribution in [2.45, 2.75) is 125 Å². The van der Waals surface area contributed by atoms with Crippen molar-refractivity contribution in [2.24, 2.45) is 5.41 Å². The smallest absolute Gasteiger partial charge is 0.133 e. The highest BCUT2D eigenvalue weighted by atomic mass is 32.1. The molecule has 5 nitrogen and oxygen atoms in total. The number of hydrogen-bond donors (Lipinski definition) is 3. The summed E-state index contributed by atoms with van der Waals surface area (Å²) >= 11 is 5.12. The van der Waals surface area contributed by atoms with Crippen molar-refractivity contribution in [3.05, 3.63) is 49.7 Å². The van der Waals surface area contributed by atoms with Crippen LogP contribution in [0.15, 0.2) is 6.08 Å². The average Bonchev–Trinajstić information content (AvgIpc) is 3.30. The normalized spacial score (nSPS) is 19.1. The van der Waals surface area contributed by atoms with E-state index in [1.807, 2.05) is 6.92 Å². The highest BCUT2D eigenvalue weighted by molar-refractivity contribution is 7.79. The summed E-state index contributed by atoms with van der Waals surface area (Å²) < 4.78 is 5.62. The number of thiol groups is 1. The summed E-state index contributed by atoms with van der Waals surface area (Å²) in [4.78, 5) is 11.2. The molecule has 0 saturated heterocycles. The molecule has 1 aliphatic heterocycles. The zero-order chi connectivity index (χ0) is 30.4. The number of pyridine rings is 1. The van der Waals surface area contributed by atoms with Gasteiger partial charge in [-0.15, -0.1) is 11.3 Å². The molecule has 0 radical (unpaired) electrons. The maximum absolute atomic E-state index is 11.9. The van der Waals surface area contributed by atoms with Crippen LogP contribution in [0.5, 0.6) is 0 Å². The van der Waals surface area contributed by atoms with Gasteiger partial charge in [0.15, 0.2) is 0 Å². The molecular formula is C33H54N2O3S2. The molecule has 2 unspecified atom stereocenters. The van der Waals surface area contributed by atoms with Crippen molar-refractivity contribution in [3.63, 3.8) is 0 Å². The van der Waals surface area contributed by atoms with Gasteiger partial charge in [0.05, 0.1) is 30.7 Å². The lowest BCUT2D eigenvalue weighted by Crippen LogP contribution is -2.30. The van der Waals surface area contributed by atoms with Crippen molar-refractivity contribution in [2.75, 3.05) is 19.5 Å². The van der Waals surface area contributed by atoms with E-state index in [1.54, 1.807) is 17.6 Å². The second kappa shape index (κ2) is 14.8. The first-order chi connectivity index (χ1) is 18.7. The summed E-state index contributed by atoms with van der Waals surface area (Å²) in [6, 6.07) is 0. The van der Waals surface area contributed by atoms with Gasteiger partial charge in [-0.2, -0.15) is 12.6 Å². The number of aryl methyl sites for hydroxylation is 1. The molecule has 0 amide bonds. The number of aliphatic hydroxyl groups excluding tert-OH is 2. The minimum absolute atomic E-state index is 0.0246. The number of rotatable bonds is 5. The van der Waals surface area contributed by atoms with E-state index < -0.39 is 12.2 Å². The number of aliphatic hydroxyl groups is 2. The number of nitrogens with zero attached hydrogens (tertiary/aromatic N) is 2. The van der Waals surface area contributed by atoms with Crippen molar-refractivity contribution in [3.8, 4) is 0 Å². The van der Waals surface area contributed by atoms with E-state index in [-0.39, 0.29) is 16.7 Å². The van der Waals surface area contributed by atoms with E-state index >= 15 is 0 Å². The standard InChI is InChI=1S/C28H40N2O3S.C4H10.CH4S/c1-15(2)23-22(24(32)26-29-16(3)25(34-26)27(4,5)6)20(17-9-11-33-12-10-17)21-18(30-23)13-28(7,8)14-19(21)31;1-3-4-2;1-2/h9,15,19,24,31-32H,10-14H2,1-8H3;3-4H2,1-2H3;2H,1H3. The van der Waals surface area contributed by atoms with Crippen molar-refractivity contribution < 1.29 is 14.9 Å². The number of fused-ring (bicyclic) bond motifs is 1. The average molecular weight is 591 g/mol. The summed E-state index contributed by atoms with van der Waals surface area (Å²) in [5.74, 6) is 0.125. The Morgan fingerprint density at radius 3 is 2.25 bits per heavy atom. The highest BCUT2D eigenvalue weighted by Crippen LogP contribution is 2.48. The van der Waals surface area contributed by atoms with E-state index in [2.05, 4.69) is 81.0 Å². The second-order valence-corrected chi connectivity index (χ2v) is 14.1. The van der Waals surface area contributed by atoms with E-state index in [9.17, 15) is 10.2 Å². The molecule has 40 heavy (non-hydrogen) atoms. The second-order valence-electron chi connectivity index (χ2n) is 13.0. The number of aromatic nitrogens is 2. The lowest BCUT2D eigenvalue weighted by molar-refractivity contribution is 0.0970. The van der Waals surface area contributed by atoms with Crippen LogP contribution in [0, 0.1) is 12.3 Å². The van der Waals surface area contributed by atoms with Crippen molar-refractivity contribution in [1.29, 1.82) is 0 Å². The van der Waals surface area contributed by atoms with Crippen molar-refractivity contribution >= 4 is 29.5 Å². The quantitative estimate of drug-likeness (QED) is 0.304. The van der Waals surface area contributed by atoms with E-state index in [1.165, 1.54) is 17.7 Å². The third-order valence-corrected chi connectivity index (χ3v) is 9.07. The van der Waals surface area contributed by atoms with E-state index in [0.29, 0.717) is 24.6 Å². The summed E-state index contributed by atoms with van der Waals surface area (Å²) in [5.41, 5.74) is 6.62. The molecular weight excluding hydrogens is 537 g/mol. The van der Waals surface area contributed by atoms with Gasteiger partial charge in [-0.1, -0.05) is 81.2 Å². The first-order valence-corrected chi connectivity index (χ1v) is 16.5.